The molecule has 0 aromatic carbocycles. The summed E-state index contributed by atoms with van der Waals surface area (Å²) in [4.78, 5) is 11.6. The lowest BCUT2D eigenvalue weighted by Crippen LogP contribution is -2.52. The Morgan fingerprint density at radius 3 is 1.88 bits per heavy atom. The predicted molar refractivity (Wildman–Crippen MR) is 64.5 cm³/mol. The van der Waals surface area contributed by atoms with Crippen molar-refractivity contribution in [1.29, 1.82) is 0 Å². The standard InChI is InChI=1S/C10H22N2O3S/c1-9(2,3)8(13)11-7-10(4,5)12-16(6,14)15/h12H,7H2,1-6H3,(H,11,13). The Balaban J connectivity index is 4.36. The lowest BCUT2D eigenvalue weighted by molar-refractivity contribution is -0.128. The maximum Gasteiger partial charge on any atom is 0.225 e. The summed E-state index contributed by atoms with van der Waals surface area (Å²) < 4.78 is 24.6. The highest BCUT2D eigenvalue weighted by Gasteiger charge is 2.26. The second-order valence-electron chi connectivity index (χ2n) is 5.69. The first kappa shape index (κ1) is 15.4. The molecular weight excluding hydrogens is 228 g/mol. The van der Waals surface area contributed by atoms with Gasteiger partial charge in [-0.2, -0.15) is 0 Å². The van der Waals surface area contributed by atoms with Gasteiger partial charge in [0.05, 0.1) is 6.26 Å². The van der Waals surface area contributed by atoms with Crippen LogP contribution in [-0.4, -0.2) is 32.7 Å². The van der Waals surface area contributed by atoms with Crippen LogP contribution in [0.25, 0.3) is 0 Å². The largest absolute Gasteiger partial charge is 0.354 e. The van der Waals surface area contributed by atoms with Gasteiger partial charge in [-0.05, 0) is 13.8 Å². The van der Waals surface area contributed by atoms with Crippen LogP contribution in [0.4, 0.5) is 0 Å². The van der Waals surface area contributed by atoms with E-state index in [1.807, 2.05) is 0 Å². The average Bonchev–Trinajstić information content (AvgIpc) is 1.93. The van der Waals surface area contributed by atoms with Crippen molar-refractivity contribution in [2.75, 3.05) is 12.8 Å². The molecule has 0 aliphatic heterocycles. The first-order chi connectivity index (χ1) is 6.83. The van der Waals surface area contributed by atoms with Crippen LogP contribution in [0.3, 0.4) is 0 Å². The van der Waals surface area contributed by atoms with Gasteiger partial charge in [0.25, 0.3) is 0 Å². The SMILES string of the molecule is CC(C)(CNC(=O)C(C)(C)C)NS(C)(=O)=O. The van der Waals surface area contributed by atoms with Gasteiger partial charge in [-0.3, -0.25) is 4.79 Å². The average molecular weight is 250 g/mol. The summed E-state index contributed by atoms with van der Waals surface area (Å²) in [6, 6.07) is 0. The Bertz CT molecular complexity index is 353. The van der Waals surface area contributed by atoms with E-state index in [-0.39, 0.29) is 12.5 Å². The molecule has 0 unspecified atom stereocenters. The Labute approximate surface area is 98.0 Å². The van der Waals surface area contributed by atoms with Crippen LogP contribution < -0.4 is 10.0 Å². The smallest absolute Gasteiger partial charge is 0.225 e. The van der Waals surface area contributed by atoms with Crippen molar-refractivity contribution in [2.24, 2.45) is 5.41 Å². The number of nitrogens with one attached hydrogen (secondary N) is 2. The second-order valence-corrected chi connectivity index (χ2v) is 7.44. The maximum atomic E-state index is 11.6. The van der Waals surface area contributed by atoms with E-state index in [9.17, 15) is 13.2 Å². The van der Waals surface area contributed by atoms with Crippen molar-refractivity contribution < 1.29 is 13.2 Å². The molecule has 0 spiro atoms. The molecule has 96 valence electrons. The molecule has 0 aromatic rings. The van der Waals surface area contributed by atoms with E-state index < -0.39 is 21.0 Å². The van der Waals surface area contributed by atoms with Crippen molar-refractivity contribution in [3.8, 4) is 0 Å². The number of carbonyl (C=O) groups is 1. The Morgan fingerprint density at radius 1 is 1.12 bits per heavy atom. The van der Waals surface area contributed by atoms with Crippen LogP contribution in [0.15, 0.2) is 0 Å². The third-order valence-electron chi connectivity index (χ3n) is 1.83. The van der Waals surface area contributed by atoms with Gasteiger partial charge in [-0.25, -0.2) is 13.1 Å². The lowest BCUT2D eigenvalue weighted by atomic mass is 9.95. The summed E-state index contributed by atoms with van der Waals surface area (Å²) in [5, 5.41) is 2.72. The van der Waals surface area contributed by atoms with Crippen LogP contribution >= 0.6 is 0 Å². The molecule has 0 fully saturated rings. The van der Waals surface area contributed by atoms with Crippen molar-refractivity contribution in [1.82, 2.24) is 10.0 Å². The molecule has 0 aliphatic carbocycles. The Kier molecular flexibility index (Phi) is 4.53. The molecule has 0 rings (SSSR count). The normalized spacial score (nSPS) is 13.6. The van der Waals surface area contributed by atoms with Gasteiger partial charge >= 0.3 is 0 Å². The molecule has 1 amide bonds. The summed E-state index contributed by atoms with van der Waals surface area (Å²) in [5.41, 5.74) is -1.16. The predicted octanol–water partition coefficient (Wildman–Crippen LogP) is 0.477. The Hall–Kier alpha value is -0.620. The monoisotopic (exact) mass is 250 g/mol. The highest BCUT2D eigenvalue weighted by Crippen LogP contribution is 2.13. The zero-order valence-corrected chi connectivity index (χ0v) is 11.7. The van der Waals surface area contributed by atoms with Crippen LogP contribution in [0.5, 0.6) is 0 Å². The summed E-state index contributed by atoms with van der Waals surface area (Å²) >= 11 is 0. The topological polar surface area (TPSA) is 75.3 Å². The molecule has 2 N–H and O–H groups in total. The third kappa shape index (κ3) is 6.79. The van der Waals surface area contributed by atoms with E-state index in [2.05, 4.69) is 10.0 Å². The van der Waals surface area contributed by atoms with Gasteiger partial charge in [0.2, 0.25) is 15.9 Å². The Morgan fingerprint density at radius 2 is 1.56 bits per heavy atom. The zero-order valence-electron chi connectivity index (χ0n) is 10.8. The summed E-state index contributed by atoms with van der Waals surface area (Å²) in [7, 11) is -3.27. The van der Waals surface area contributed by atoms with Gasteiger partial charge in [0.1, 0.15) is 0 Å². The van der Waals surface area contributed by atoms with Crippen molar-refractivity contribution in [3.05, 3.63) is 0 Å². The first-order valence-corrected chi connectivity index (χ1v) is 7.00. The molecule has 0 saturated heterocycles. The molecule has 0 bridgehead atoms. The van der Waals surface area contributed by atoms with Gasteiger partial charge in [0, 0.05) is 17.5 Å². The molecule has 6 heteroatoms. The summed E-state index contributed by atoms with van der Waals surface area (Å²) in [6.45, 7) is 9.11. The van der Waals surface area contributed by atoms with Crippen molar-refractivity contribution in [2.45, 2.75) is 40.2 Å². The molecule has 0 aliphatic rings. The molecule has 16 heavy (non-hydrogen) atoms. The summed E-state index contributed by atoms with van der Waals surface area (Å²) in [6.07, 6.45) is 1.10. The minimum absolute atomic E-state index is 0.101. The third-order valence-corrected chi connectivity index (χ3v) is 2.76. The van der Waals surface area contributed by atoms with Crippen LogP contribution in [0.1, 0.15) is 34.6 Å². The minimum Gasteiger partial charge on any atom is -0.354 e. The number of carbonyl (C=O) groups excluding carboxylic acids is 1. The van der Waals surface area contributed by atoms with Crippen LogP contribution in [0, 0.1) is 5.41 Å². The van der Waals surface area contributed by atoms with Crippen LogP contribution in [0.2, 0.25) is 0 Å². The fourth-order valence-corrected chi connectivity index (χ4v) is 2.18. The number of hydrogen-bond acceptors (Lipinski definition) is 3. The molecule has 0 atom stereocenters. The number of rotatable bonds is 4. The van der Waals surface area contributed by atoms with Gasteiger partial charge in [-0.15, -0.1) is 0 Å². The van der Waals surface area contributed by atoms with E-state index in [4.69, 9.17) is 0 Å². The van der Waals surface area contributed by atoms with E-state index >= 15 is 0 Å². The highest BCUT2D eigenvalue weighted by molar-refractivity contribution is 7.88. The van der Waals surface area contributed by atoms with Gasteiger partial charge in [0.15, 0.2) is 0 Å². The molecule has 5 nitrogen and oxygen atoms in total. The van der Waals surface area contributed by atoms with Crippen LogP contribution in [-0.2, 0) is 14.8 Å². The van der Waals surface area contributed by atoms with Crippen molar-refractivity contribution in [3.63, 3.8) is 0 Å². The second kappa shape index (κ2) is 4.71. The molecule has 0 aromatic heterocycles. The van der Waals surface area contributed by atoms with E-state index in [1.54, 1.807) is 34.6 Å². The molecule has 0 radical (unpaired) electrons. The summed E-state index contributed by atoms with van der Waals surface area (Å²) in [5.74, 6) is -0.101. The van der Waals surface area contributed by atoms with Crippen molar-refractivity contribution >= 4 is 15.9 Å². The van der Waals surface area contributed by atoms with E-state index in [0.717, 1.165) is 6.26 Å². The zero-order chi connectivity index (χ0) is 13.2. The fourth-order valence-electron chi connectivity index (χ4n) is 1.10. The maximum absolute atomic E-state index is 11.6. The molecule has 0 saturated carbocycles. The number of sulfonamides is 1. The molecular formula is C10H22N2O3S. The van der Waals surface area contributed by atoms with Gasteiger partial charge < -0.3 is 5.32 Å². The first-order valence-electron chi connectivity index (χ1n) is 5.11. The fraction of sp³-hybridized carbons (Fsp3) is 0.900. The quantitative estimate of drug-likeness (QED) is 0.762. The van der Waals surface area contributed by atoms with E-state index in [1.165, 1.54) is 0 Å². The number of hydrogen-bond donors (Lipinski definition) is 2. The molecule has 0 heterocycles. The lowest BCUT2D eigenvalue weighted by Gasteiger charge is -2.27. The minimum atomic E-state index is -3.27. The number of amides is 1. The van der Waals surface area contributed by atoms with E-state index in [0.29, 0.717) is 0 Å². The van der Waals surface area contributed by atoms with Gasteiger partial charge in [-0.1, -0.05) is 20.8 Å². The highest BCUT2D eigenvalue weighted by atomic mass is 32.2.